The molecule has 0 aliphatic carbocycles. The highest BCUT2D eigenvalue weighted by molar-refractivity contribution is 6.91. The Bertz CT molecular complexity index is 1240. The summed E-state index contributed by atoms with van der Waals surface area (Å²) in [5.74, 6) is 1.57. The second kappa shape index (κ2) is 11.7. The number of aliphatic hydroxyl groups excluding tert-OH is 1. The zero-order chi connectivity index (χ0) is 26.6. The van der Waals surface area contributed by atoms with Gasteiger partial charge >= 0.3 is 0 Å². The SMILES string of the molecule is COc1ccc([Si](C)(C)[C@H]2[C@H](C)[C@H](CCc3cccc(-n4cccc(OC)c4=O)c3)O[C@@H]2CCO)cc1. The molecule has 4 atom stereocenters. The Hall–Kier alpha value is -2.87. The van der Waals surface area contributed by atoms with Gasteiger partial charge in [0.2, 0.25) is 0 Å². The second-order valence-corrected chi connectivity index (χ2v) is 15.2. The van der Waals surface area contributed by atoms with E-state index in [1.54, 1.807) is 23.9 Å². The molecule has 1 aromatic heterocycles. The molecule has 198 valence electrons. The first kappa shape index (κ1) is 27.2. The van der Waals surface area contributed by atoms with Crippen molar-refractivity contribution in [2.75, 3.05) is 20.8 Å². The molecule has 37 heavy (non-hydrogen) atoms. The van der Waals surface area contributed by atoms with Gasteiger partial charge in [-0.2, -0.15) is 0 Å². The molecule has 1 saturated heterocycles. The van der Waals surface area contributed by atoms with Crippen molar-refractivity contribution in [1.29, 1.82) is 0 Å². The normalized spacial score (nSPS) is 21.7. The van der Waals surface area contributed by atoms with Gasteiger partial charge in [0, 0.05) is 18.5 Å². The summed E-state index contributed by atoms with van der Waals surface area (Å²) in [6, 6.07) is 20.1. The highest BCUT2D eigenvalue weighted by Gasteiger charge is 2.50. The van der Waals surface area contributed by atoms with Crippen molar-refractivity contribution in [1.82, 2.24) is 4.57 Å². The van der Waals surface area contributed by atoms with Crippen LogP contribution >= 0.6 is 0 Å². The van der Waals surface area contributed by atoms with Gasteiger partial charge in [-0.15, -0.1) is 0 Å². The third kappa shape index (κ3) is 5.69. The molecule has 0 bridgehead atoms. The average Bonchev–Trinajstić information content (AvgIpc) is 3.23. The third-order valence-corrected chi connectivity index (χ3v) is 12.4. The predicted octanol–water partition coefficient (Wildman–Crippen LogP) is 4.56. The topological polar surface area (TPSA) is 69.9 Å². The van der Waals surface area contributed by atoms with Crippen molar-refractivity contribution in [2.24, 2.45) is 5.92 Å². The van der Waals surface area contributed by atoms with E-state index in [2.05, 4.69) is 44.3 Å². The lowest BCUT2D eigenvalue weighted by atomic mass is 9.95. The van der Waals surface area contributed by atoms with Crippen molar-refractivity contribution in [3.8, 4) is 17.2 Å². The zero-order valence-corrected chi connectivity index (χ0v) is 23.5. The van der Waals surface area contributed by atoms with E-state index in [1.807, 2.05) is 30.3 Å². The van der Waals surface area contributed by atoms with Gasteiger partial charge in [0.1, 0.15) is 5.75 Å². The maximum Gasteiger partial charge on any atom is 0.297 e. The van der Waals surface area contributed by atoms with E-state index in [-0.39, 0.29) is 24.4 Å². The van der Waals surface area contributed by atoms with Gasteiger partial charge in [-0.25, -0.2) is 0 Å². The molecule has 2 aromatic carbocycles. The van der Waals surface area contributed by atoms with Crippen LogP contribution in [0.15, 0.2) is 71.7 Å². The number of aromatic nitrogens is 1. The summed E-state index contributed by atoms with van der Waals surface area (Å²) in [5.41, 5.74) is 2.22. The van der Waals surface area contributed by atoms with Gasteiger partial charge < -0.3 is 19.3 Å². The van der Waals surface area contributed by atoms with E-state index >= 15 is 0 Å². The van der Waals surface area contributed by atoms with Crippen molar-refractivity contribution >= 4 is 13.3 Å². The van der Waals surface area contributed by atoms with Gasteiger partial charge in [0.25, 0.3) is 5.56 Å². The molecule has 0 radical (unpaired) electrons. The molecule has 3 aromatic rings. The van der Waals surface area contributed by atoms with Gasteiger partial charge in [-0.3, -0.25) is 9.36 Å². The number of aliphatic hydroxyl groups is 1. The third-order valence-electron chi connectivity index (χ3n) is 8.02. The summed E-state index contributed by atoms with van der Waals surface area (Å²) in [4.78, 5) is 12.7. The Labute approximate surface area is 220 Å². The highest BCUT2D eigenvalue weighted by atomic mass is 28.3. The lowest BCUT2D eigenvalue weighted by Crippen LogP contribution is -2.50. The summed E-state index contributed by atoms with van der Waals surface area (Å²) in [6.07, 6.45) is 4.34. The van der Waals surface area contributed by atoms with Crippen molar-refractivity contribution < 1.29 is 19.3 Å². The minimum absolute atomic E-state index is 0.0514. The van der Waals surface area contributed by atoms with Crippen LogP contribution in [0.1, 0.15) is 25.3 Å². The predicted molar refractivity (Wildman–Crippen MR) is 150 cm³/mol. The molecule has 4 rings (SSSR count). The second-order valence-electron chi connectivity index (χ2n) is 10.5. The highest BCUT2D eigenvalue weighted by Crippen LogP contribution is 2.46. The van der Waals surface area contributed by atoms with E-state index in [0.717, 1.165) is 29.8 Å². The fourth-order valence-electron chi connectivity index (χ4n) is 6.05. The number of rotatable bonds is 10. The number of pyridine rings is 1. The lowest BCUT2D eigenvalue weighted by Gasteiger charge is -2.36. The van der Waals surface area contributed by atoms with E-state index in [4.69, 9.17) is 14.2 Å². The van der Waals surface area contributed by atoms with Gasteiger partial charge in [0.05, 0.1) is 34.5 Å². The molecule has 1 N–H and O–H groups in total. The summed E-state index contributed by atoms with van der Waals surface area (Å²) < 4.78 is 18.8. The molecule has 0 unspecified atom stereocenters. The minimum atomic E-state index is -1.91. The summed E-state index contributed by atoms with van der Waals surface area (Å²) in [7, 11) is 1.30. The number of hydrogen-bond acceptors (Lipinski definition) is 5. The van der Waals surface area contributed by atoms with E-state index in [0.29, 0.717) is 23.6 Å². The largest absolute Gasteiger partial charge is 0.497 e. The first-order valence-corrected chi connectivity index (χ1v) is 16.1. The quantitative estimate of drug-likeness (QED) is 0.396. The van der Waals surface area contributed by atoms with Crippen molar-refractivity contribution in [3.63, 3.8) is 0 Å². The number of ether oxygens (including phenoxy) is 3. The van der Waals surface area contributed by atoms with Gasteiger partial charge in [0.15, 0.2) is 5.75 Å². The Morgan fingerprint density at radius 2 is 1.73 bits per heavy atom. The number of aryl methyl sites for hydroxylation is 1. The maximum absolute atomic E-state index is 12.7. The van der Waals surface area contributed by atoms with Gasteiger partial charge in [-0.05, 0) is 72.7 Å². The molecule has 1 aliphatic heterocycles. The summed E-state index contributed by atoms with van der Waals surface area (Å²) >= 11 is 0. The molecular weight excluding hydrogens is 482 g/mol. The molecular formula is C30H39NO5Si. The first-order valence-electron chi connectivity index (χ1n) is 13.1. The van der Waals surface area contributed by atoms with Crippen LogP contribution in [0.5, 0.6) is 11.5 Å². The van der Waals surface area contributed by atoms with Crippen LogP contribution in [0, 0.1) is 5.92 Å². The minimum Gasteiger partial charge on any atom is -0.497 e. The van der Waals surface area contributed by atoms with Crippen LogP contribution in [-0.4, -0.2) is 50.8 Å². The maximum atomic E-state index is 12.7. The van der Waals surface area contributed by atoms with Crippen LogP contribution in [0.2, 0.25) is 18.6 Å². The van der Waals surface area contributed by atoms with Crippen LogP contribution in [0.3, 0.4) is 0 Å². The molecule has 2 heterocycles. The molecule has 0 spiro atoms. The number of benzene rings is 2. The van der Waals surface area contributed by atoms with Crippen LogP contribution < -0.4 is 20.2 Å². The average molecular weight is 522 g/mol. The van der Waals surface area contributed by atoms with E-state index < -0.39 is 8.07 Å². The molecule has 1 fully saturated rings. The lowest BCUT2D eigenvalue weighted by molar-refractivity contribution is 0.0196. The van der Waals surface area contributed by atoms with Crippen LogP contribution in [0.25, 0.3) is 5.69 Å². The number of methoxy groups -OCH3 is 2. The molecule has 0 amide bonds. The molecule has 0 saturated carbocycles. The van der Waals surface area contributed by atoms with E-state index in [1.165, 1.54) is 12.3 Å². The standard InChI is InChI=1S/C30H39NO5Si/c1-21-26(16-11-22-8-6-9-23(20-22)31-18-7-10-28(35-3)30(31)33)36-27(17-19-32)29(21)37(4,5)25-14-12-24(34-2)13-15-25/h6-10,12-15,18,20-21,26-27,29,32H,11,16-17,19H2,1-5H3/t21-,26+,27-,29+/m1/s1. The number of hydrogen-bond donors (Lipinski definition) is 1. The Morgan fingerprint density at radius 3 is 2.41 bits per heavy atom. The molecule has 1 aliphatic rings. The van der Waals surface area contributed by atoms with Crippen LogP contribution in [-0.2, 0) is 11.2 Å². The smallest absolute Gasteiger partial charge is 0.297 e. The first-order chi connectivity index (χ1) is 17.8. The monoisotopic (exact) mass is 521 g/mol. The van der Waals surface area contributed by atoms with E-state index in [9.17, 15) is 9.90 Å². The summed E-state index contributed by atoms with van der Waals surface area (Å²) in [5, 5.41) is 11.2. The molecule has 7 heteroatoms. The summed E-state index contributed by atoms with van der Waals surface area (Å²) in [6.45, 7) is 7.28. The Kier molecular flexibility index (Phi) is 8.57. The molecule has 6 nitrogen and oxygen atoms in total. The fraction of sp³-hybridized carbons (Fsp3) is 0.433. The van der Waals surface area contributed by atoms with Gasteiger partial charge in [-0.1, -0.05) is 49.5 Å². The fourth-order valence-corrected chi connectivity index (χ4v) is 10.2. The van der Waals surface area contributed by atoms with Crippen molar-refractivity contribution in [2.45, 2.75) is 57.0 Å². The number of nitrogens with zero attached hydrogens (tertiary/aromatic N) is 1. The van der Waals surface area contributed by atoms with Crippen molar-refractivity contribution in [3.05, 3.63) is 82.8 Å². The Balaban J connectivity index is 1.51. The van der Waals surface area contributed by atoms with Crippen LogP contribution in [0.4, 0.5) is 0 Å². The Morgan fingerprint density at radius 1 is 0.973 bits per heavy atom. The zero-order valence-electron chi connectivity index (χ0n) is 22.5.